The Morgan fingerprint density at radius 2 is 2.06 bits per heavy atom. The molecule has 0 amide bonds. The minimum Gasteiger partial charge on any atom is -0.467 e. The zero-order valence-corrected chi connectivity index (χ0v) is 11.2. The van der Waals surface area contributed by atoms with Gasteiger partial charge < -0.3 is 9.47 Å². The van der Waals surface area contributed by atoms with E-state index in [0.29, 0.717) is 12.8 Å². The molecule has 2 unspecified atom stereocenters. The molecule has 2 fully saturated rings. The second-order valence-corrected chi connectivity index (χ2v) is 7.36. The lowest BCUT2D eigenvalue weighted by Crippen LogP contribution is -2.45. The molecule has 2 atom stereocenters. The van der Waals surface area contributed by atoms with Crippen LogP contribution in [0.25, 0.3) is 0 Å². The van der Waals surface area contributed by atoms with Crippen LogP contribution in [0, 0.1) is 5.92 Å². The first-order valence-electron chi connectivity index (χ1n) is 5.79. The van der Waals surface area contributed by atoms with E-state index in [-0.39, 0.29) is 17.4 Å². The monoisotopic (exact) mass is 262 g/mol. The van der Waals surface area contributed by atoms with Gasteiger partial charge in [0.25, 0.3) is 0 Å². The van der Waals surface area contributed by atoms with Crippen LogP contribution in [0.1, 0.15) is 26.7 Å². The number of esters is 1. The van der Waals surface area contributed by atoms with Crippen LogP contribution in [-0.2, 0) is 24.1 Å². The molecule has 0 aromatic rings. The Kier molecular flexibility index (Phi) is 2.78. The lowest BCUT2D eigenvalue weighted by Gasteiger charge is -2.24. The Balaban J connectivity index is 2.33. The lowest BCUT2D eigenvalue weighted by atomic mass is 9.82. The van der Waals surface area contributed by atoms with Gasteiger partial charge in [0, 0.05) is 0 Å². The fraction of sp³-hybridized carbons (Fsp3) is 0.909. The molecule has 0 bridgehead atoms. The van der Waals surface area contributed by atoms with Crippen molar-refractivity contribution in [3.05, 3.63) is 0 Å². The first-order valence-corrected chi connectivity index (χ1v) is 7.61. The van der Waals surface area contributed by atoms with Crippen LogP contribution in [-0.4, -0.2) is 44.2 Å². The molecule has 6 heteroatoms. The zero-order valence-electron chi connectivity index (χ0n) is 10.4. The summed E-state index contributed by atoms with van der Waals surface area (Å²) in [5.74, 6) is -0.423. The van der Waals surface area contributed by atoms with Gasteiger partial charge in [0.15, 0.2) is 15.4 Å². The highest BCUT2D eigenvalue weighted by Crippen LogP contribution is 2.58. The van der Waals surface area contributed by atoms with E-state index in [0.717, 1.165) is 0 Å². The van der Waals surface area contributed by atoms with E-state index in [1.807, 2.05) is 13.8 Å². The van der Waals surface area contributed by atoms with E-state index < -0.39 is 27.0 Å². The maximum atomic E-state index is 11.9. The number of sulfone groups is 1. The Morgan fingerprint density at radius 1 is 1.41 bits per heavy atom. The molecule has 2 rings (SSSR count). The molecule has 0 saturated carbocycles. The maximum Gasteiger partial charge on any atom is 0.341 e. The second-order valence-electron chi connectivity index (χ2n) is 5.17. The first-order chi connectivity index (χ1) is 7.80. The lowest BCUT2D eigenvalue weighted by molar-refractivity contribution is -0.148. The van der Waals surface area contributed by atoms with Gasteiger partial charge >= 0.3 is 5.97 Å². The summed E-state index contributed by atoms with van der Waals surface area (Å²) in [6.07, 6.45) is 1.16. The van der Waals surface area contributed by atoms with Crippen molar-refractivity contribution < 1.29 is 22.7 Å². The topological polar surface area (TPSA) is 73.0 Å². The van der Waals surface area contributed by atoms with Gasteiger partial charge in [0.05, 0.1) is 18.6 Å². The van der Waals surface area contributed by atoms with Gasteiger partial charge in [0.2, 0.25) is 0 Å². The van der Waals surface area contributed by atoms with Crippen molar-refractivity contribution in [1.82, 2.24) is 0 Å². The third-order valence-corrected chi connectivity index (χ3v) is 5.60. The van der Waals surface area contributed by atoms with E-state index in [4.69, 9.17) is 9.47 Å². The van der Waals surface area contributed by atoms with Crippen LogP contribution < -0.4 is 0 Å². The molecule has 98 valence electrons. The predicted molar refractivity (Wildman–Crippen MR) is 61.3 cm³/mol. The third-order valence-electron chi connectivity index (χ3n) is 3.78. The van der Waals surface area contributed by atoms with Crippen molar-refractivity contribution >= 4 is 15.8 Å². The van der Waals surface area contributed by atoms with Gasteiger partial charge in [0.1, 0.15) is 5.60 Å². The second kappa shape index (κ2) is 3.68. The highest BCUT2D eigenvalue weighted by molar-refractivity contribution is 7.91. The fourth-order valence-corrected chi connectivity index (χ4v) is 4.85. The Hall–Kier alpha value is -0.620. The smallest absolute Gasteiger partial charge is 0.341 e. The summed E-state index contributed by atoms with van der Waals surface area (Å²) in [5, 5.41) is 0. The molecule has 17 heavy (non-hydrogen) atoms. The number of epoxide rings is 1. The highest BCUT2D eigenvalue weighted by atomic mass is 32.2. The molecule has 0 aromatic carbocycles. The Labute approximate surface area is 101 Å². The molecular formula is C11H18O5S. The number of hydrogen-bond donors (Lipinski definition) is 0. The van der Waals surface area contributed by atoms with Gasteiger partial charge in [-0.05, 0) is 18.8 Å². The fourth-order valence-electron chi connectivity index (χ4n) is 2.99. The highest BCUT2D eigenvalue weighted by Gasteiger charge is 2.78. The molecule has 2 aliphatic heterocycles. The standard InChI is InChI=1S/C11H18O5S/c1-8(2)11(9(12)15-3)10(16-11)5-4-6-17(13,14)7-10/h8H,4-7H2,1-3H3. The van der Waals surface area contributed by atoms with Crippen LogP contribution in [0.15, 0.2) is 0 Å². The summed E-state index contributed by atoms with van der Waals surface area (Å²) in [6.45, 7) is 3.71. The van der Waals surface area contributed by atoms with Crippen molar-refractivity contribution in [3.63, 3.8) is 0 Å². The van der Waals surface area contributed by atoms with Gasteiger partial charge in [-0.15, -0.1) is 0 Å². The molecule has 0 radical (unpaired) electrons. The van der Waals surface area contributed by atoms with Crippen LogP contribution in [0.4, 0.5) is 0 Å². The first kappa shape index (κ1) is 12.8. The average molecular weight is 262 g/mol. The quantitative estimate of drug-likeness (QED) is 0.536. The summed E-state index contributed by atoms with van der Waals surface area (Å²) in [7, 11) is -1.80. The van der Waals surface area contributed by atoms with Crippen molar-refractivity contribution in [2.24, 2.45) is 5.92 Å². The summed E-state index contributed by atoms with van der Waals surface area (Å²) in [5.41, 5.74) is -1.90. The summed E-state index contributed by atoms with van der Waals surface area (Å²) < 4.78 is 33.8. The van der Waals surface area contributed by atoms with E-state index in [1.165, 1.54) is 7.11 Å². The minimum atomic E-state index is -3.11. The van der Waals surface area contributed by atoms with Crippen molar-refractivity contribution in [2.45, 2.75) is 37.9 Å². The number of rotatable bonds is 2. The zero-order chi connectivity index (χ0) is 12.9. The number of carbonyl (C=O) groups excluding carboxylic acids is 1. The van der Waals surface area contributed by atoms with E-state index in [9.17, 15) is 13.2 Å². The Morgan fingerprint density at radius 3 is 2.53 bits per heavy atom. The Bertz CT molecular complexity index is 441. The molecule has 1 spiro atoms. The van der Waals surface area contributed by atoms with Gasteiger partial charge in [-0.3, -0.25) is 0 Å². The van der Waals surface area contributed by atoms with Gasteiger partial charge in [-0.2, -0.15) is 0 Å². The van der Waals surface area contributed by atoms with E-state index >= 15 is 0 Å². The molecule has 0 aromatic heterocycles. The normalized spacial score (nSPS) is 39.3. The van der Waals surface area contributed by atoms with Crippen LogP contribution in [0.2, 0.25) is 0 Å². The van der Waals surface area contributed by atoms with Crippen molar-refractivity contribution in [1.29, 1.82) is 0 Å². The van der Waals surface area contributed by atoms with E-state index in [2.05, 4.69) is 0 Å². The number of hydrogen-bond acceptors (Lipinski definition) is 5. The summed E-state index contributed by atoms with van der Waals surface area (Å²) in [6, 6.07) is 0. The molecule has 5 nitrogen and oxygen atoms in total. The van der Waals surface area contributed by atoms with Gasteiger partial charge in [-0.25, -0.2) is 13.2 Å². The summed E-state index contributed by atoms with van der Waals surface area (Å²) >= 11 is 0. The van der Waals surface area contributed by atoms with Crippen molar-refractivity contribution in [3.8, 4) is 0 Å². The average Bonchev–Trinajstić information content (AvgIpc) is 2.84. The van der Waals surface area contributed by atoms with Crippen molar-refractivity contribution in [2.75, 3.05) is 18.6 Å². The number of methoxy groups -OCH3 is 1. The maximum absolute atomic E-state index is 11.9. The summed E-state index contributed by atoms with van der Waals surface area (Å²) in [4.78, 5) is 11.9. The molecular weight excluding hydrogens is 244 g/mol. The molecule has 2 heterocycles. The number of ether oxygens (including phenoxy) is 2. The van der Waals surface area contributed by atoms with Crippen LogP contribution in [0.5, 0.6) is 0 Å². The van der Waals surface area contributed by atoms with Crippen LogP contribution in [0.3, 0.4) is 0 Å². The molecule has 2 aliphatic rings. The molecule has 2 saturated heterocycles. The largest absolute Gasteiger partial charge is 0.467 e. The van der Waals surface area contributed by atoms with Crippen LogP contribution >= 0.6 is 0 Å². The minimum absolute atomic E-state index is 0.0622. The predicted octanol–water partition coefficient (Wildman–Crippen LogP) is 0.532. The molecule has 0 N–H and O–H groups in total. The van der Waals surface area contributed by atoms with E-state index in [1.54, 1.807) is 0 Å². The SMILES string of the molecule is COC(=O)C1(C(C)C)OC12CCCS(=O)(=O)C2. The van der Waals surface area contributed by atoms with Gasteiger partial charge in [-0.1, -0.05) is 13.8 Å². The third kappa shape index (κ3) is 1.69. The molecule has 0 aliphatic carbocycles. The number of carbonyl (C=O) groups is 1.